The summed E-state index contributed by atoms with van der Waals surface area (Å²) in [4.78, 5) is 18.3. The first kappa shape index (κ1) is 21.8. The van der Waals surface area contributed by atoms with E-state index in [4.69, 9.17) is 39.5 Å². The fourth-order valence-electron chi connectivity index (χ4n) is 3.34. The minimum Gasteiger partial charge on any atom is -0.484 e. The van der Waals surface area contributed by atoms with Gasteiger partial charge in [0.15, 0.2) is 21.6 Å². The Labute approximate surface area is 193 Å². The van der Waals surface area contributed by atoms with Crippen LogP contribution in [0.25, 0.3) is 0 Å². The smallest absolute Gasteiger partial charge is 0.285 e. The first-order valence-corrected chi connectivity index (χ1v) is 12.7. The number of amidine groups is 1. The monoisotopic (exact) mass is 504 g/mol. The molecule has 0 aliphatic carbocycles. The summed E-state index contributed by atoms with van der Waals surface area (Å²) in [6.07, 6.45) is 0. The highest BCUT2D eigenvalue weighted by Crippen LogP contribution is 2.44. The number of fused-ring (bicyclic) bond motifs is 1. The standard InChI is InChI=1S/C19H15Cl3N2O4S2/c20-11-4-6-12(7-5-11)28-8-17(25)23-19-24(14-3-1-2-13(21)18(14)22)15-9-30(26,27)10-16(15)29-19/h1-7,15-16H,8-10H2. The molecule has 4 rings (SSSR count). The molecule has 2 aromatic rings. The molecule has 0 radical (unpaired) electrons. The third kappa shape index (κ3) is 4.57. The van der Waals surface area contributed by atoms with Crippen molar-refractivity contribution in [1.82, 2.24) is 0 Å². The van der Waals surface area contributed by atoms with E-state index < -0.39 is 15.7 Å². The number of nitrogens with zero attached hydrogens (tertiary/aromatic N) is 2. The molecule has 0 aromatic heterocycles. The topological polar surface area (TPSA) is 76.0 Å². The minimum absolute atomic E-state index is 0.0193. The van der Waals surface area contributed by atoms with Crippen LogP contribution in [0.1, 0.15) is 0 Å². The van der Waals surface area contributed by atoms with Gasteiger partial charge in [-0.3, -0.25) is 4.79 Å². The molecule has 0 spiro atoms. The Bertz CT molecular complexity index is 1120. The number of benzene rings is 2. The molecule has 2 saturated heterocycles. The largest absolute Gasteiger partial charge is 0.484 e. The Balaban J connectivity index is 1.59. The summed E-state index contributed by atoms with van der Waals surface area (Å²) < 4.78 is 29.8. The van der Waals surface area contributed by atoms with Gasteiger partial charge in [-0.15, -0.1) is 0 Å². The van der Waals surface area contributed by atoms with E-state index in [0.29, 0.717) is 26.6 Å². The van der Waals surface area contributed by atoms with E-state index in [0.717, 1.165) is 0 Å². The van der Waals surface area contributed by atoms with E-state index in [2.05, 4.69) is 4.99 Å². The van der Waals surface area contributed by atoms with Crippen LogP contribution in [0.2, 0.25) is 15.1 Å². The van der Waals surface area contributed by atoms with Crippen molar-refractivity contribution in [2.75, 3.05) is 23.0 Å². The van der Waals surface area contributed by atoms with Gasteiger partial charge < -0.3 is 9.64 Å². The molecule has 2 aliphatic rings. The second kappa shape index (κ2) is 8.59. The van der Waals surface area contributed by atoms with Gasteiger partial charge in [0, 0.05) is 10.3 Å². The average molecular weight is 506 g/mol. The van der Waals surface area contributed by atoms with Crippen molar-refractivity contribution in [3.63, 3.8) is 0 Å². The van der Waals surface area contributed by atoms with Gasteiger partial charge in [0.05, 0.1) is 33.3 Å². The molecule has 1 amide bonds. The molecular formula is C19H15Cl3N2O4S2. The summed E-state index contributed by atoms with van der Waals surface area (Å²) in [7, 11) is -3.19. The fourth-order valence-corrected chi connectivity index (χ4v) is 7.78. The van der Waals surface area contributed by atoms with Crippen LogP contribution in [-0.4, -0.2) is 48.9 Å². The van der Waals surface area contributed by atoms with Crippen molar-refractivity contribution in [3.05, 3.63) is 57.5 Å². The molecule has 2 heterocycles. The number of aliphatic imine (C=N–C) groups is 1. The molecule has 158 valence electrons. The number of hydrogen-bond donors (Lipinski definition) is 0. The van der Waals surface area contributed by atoms with E-state index in [1.54, 1.807) is 47.4 Å². The number of carbonyl (C=O) groups excluding carboxylic acids is 1. The highest BCUT2D eigenvalue weighted by molar-refractivity contribution is 8.16. The lowest BCUT2D eigenvalue weighted by Gasteiger charge is -2.25. The van der Waals surface area contributed by atoms with Crippen LogP contribution in [0.15, 0.2) is 47.5 Å². The van der Waals surface area contributed by atoms with Crippen molar-refractivity contribution in [2.45, 2.75) is 11.3 Å². The van der Waals surface area contributed by atoms with Gasteiger partial charge in [0.1, 0.15) is 5.75 Å². The van der Waals surface area contributed by atoms with Crippen LogP contribution in [0.4, 0.5) is 5.69 Å². The van der Waals surface area contributed by atoms with E-state index in [1.807, 2.05) is 0 Å². The SMILES string of the molecule is O=C(COc1ccc(Cl)cc1)N=C1SC2CS(=O)(=O)CC2N1c1cccc(Cl)c1Cl. The van der Waals surface area contributed by atoms with Crippen LogP contribution >= 0.6 is 46.6 Å². The van der Waals surface area contributed by atoms with Crippen LogP contribution < -0.4 is 9.64 Å². The summed E-state index contributed by atoms with van der Waals surface area (Å²) in [6, 6.07) is 11.3. The molecule has 11 heteroatoms. The lowest BCUT2D eigenvalue weighted by Crippen LogP contribution is -2.38. The van der Waals surface area contributed by atoms with E-state index in [1.165, 1.54) is 11.8 Å². The number of hydrogen-bond acceptors (Lipinski definition) is 5. The number of ether oxygens (including phenoxy) is 1. The molecule has 2 fully saturated rings. The van der Waals surface area contributed by atoms with Crippen molar-refractivity contribution >= 4 is 73.2 Å². The lowest BCUT2D eigenvalue weighted by atomic mass is 10.2. The number of amides is 1. The van der Waals surface area contributed by atoms with Crippen molar-refractivity contribution in [2.24, 2.45) is 4.99 Å². The van der Waals surface area contributed by atoms with Crippen molar-refractivity contribution in [3.8, 4) is 5.75 Å². The Morgan fingerprint density at radius 1 is 1.13 bits per heavy atom. The van der Waals surface area contributed by atoms with Crippen LogP contribution in [0.5, 0.6) is 5.75 Å². The maximum Gasteiger partial charge on any atom is 0.285 e. The van der Waals surface area contributed by atoms with Gasteiger partial charge in [-0.1, -0.05) is 52.6 Å². The summed E-state index contributed by atoms with van der Waals surface area (Å²) in [5.74, 6) is -0.0313. The zero-order valence-corrected chi connectivity index (χ0v) is 19.2. The number of halogens is 3. The third-order valence-corrected chi connectivity index (χ3v) is 8.92. The van der Waals surface area contributed by atoms with Crippen molar-refractivity contribution in [1.29, 1.82) is 0 Å². The molecule has 2 aliphatic heterocycles. The first-order chi connectivity index (χ1) is 14.2. The number of sulfone groups is 1. The number of thioether (sulfide) groups is 1. The van der Waals surface area contributed by atoms with Gasteiger partial charge in [-0.05, 0) is 36.4 Å². The predicted octanol–water partition coefficient (Wildman–Crippen LogP) is 4.33. The summed E-state index contributed by atoms with van der Waals surface area (Å²) in [5, 5.41) is 1.32. The molecule has 6 nitrogen and oxygen atoms in total. The third-order valence-electron chi connectivity index (χ3n) is 4.65. The van der Waals surface area contributed by atoms with Gasteiger partial charge in [-0.25, -0.2) is 8.42 Å². The average Bonchev–Trinajstić information content (AvgIpc) is 3.14. The Morgan fingerprint density at radius 2 is 1.87 bits per heavy atom. The molecule has 30 heavy (non-hydrogen) atoms. The van der Waals surface area contributed by atoms with E-state index in [-0.39, 0.29) is 34.4 Å². The number of anilines is 1. The van der Waals surface area contributed by atoms with Gasteiger partial charge >= 0.3 is 0 Å². The highest BCUT2D eigenvalue weighted by atomic mass is 35.5. The fraction of sp³-hybridized carbons (Fsp3) is 0.263. The molecule has 0 N–H and O–H groups in total. The number of rotatable bonds is 4. The summed E-state index contributed by atoms with van der Waals surface area (Å²) >= 11 is 19.6. The number of carbonyl (C=O) groups is 1. The molecule has 2 atom stereocenters. The zero-order valence-electron chi connectivity index (χ0n) is 15.3. The highest BCUT2D eigenvalue weighted by Gasteiger charge is 2.49. The van der Waals surface area contributed by atoms with Gasteiger partial charge in [0.2, 0.25) is 0 Å². The lowest BCUT2D eigenvalue weighted by molar-refractivity contribution is -0.119. The molecule has 0 bridgehead atoms. The van der Waals surface area contributed by atoms with Crippen LogP contribution in [0.3, 0.4) is 0 Å². The van der Waals surface area contributed by atoms with E-state index >= 15 is 0 Å². The van der Waals surface area contributed by atoms with Gasteiger partial charge in [-0.2, -0.15) is 4.99 Å². The molecule has 2 aromatic carbocycles. The maximum absolute atomic E-state index is 12.5. The predicted molar refractivity (Wildman–Crippen MR) is 122 cm³/mol. The van der Waals surface area contributed by atoms with Gasteiger partial charge in [0.25, 0.3) is 5.91 Å². The minimum atomic E-state index is -3.19. The Morgan fingerprint density at radius 3 is 2.60 bits per heavy atom. The second-order valence-electron chi connectivity index (χ2n) is 6.77. The first-order valence-electron chi connectivity index (χ1n) is 8.84. The molecule has 2 unspecified atom stereocenters. The quantitative estimate of drug-likeness (QED) is 0.616. The maximum atomic E-state index is 12.5. The molecule has 0 saturated carbocycles. The zero-order chi connectivity index (χ0) is 21.5. The normalized spacial score (nSPS) is 23.6. The van der Waals surface area contributed by atoms with Crippen molar-refractivity contribution < 1.29 is 17.9 Å². The second-order valence-corrected chi connectivity index (χ2v) is 11.4. The van der Waals surface area contributed by atoms with E-state index in [9.17, 15) is 13.2 Å². The summed E-state index contributed by atoms with van der Waals surface area (Å²) in [6.45, 7) is -0.267. The van der Waals surface area contributed by atoms with Crippen LogP contribution in [-0.2, 0) is 14.6 Å². The Hall–Kier alpha value is -1.45. The Kier molecular flexibility index (Phi) is 6.23. The molecular weight excluding hydrogens is 491 g/mol. The van der Waals surface area contributed by atoms with Crippen LogP contribution in [0, 0.1) is 0 Å². The summed E-state index contributed by atoms with van der Waals surface area (Å²) in [5.41, 5.74) is 0.520.